The van der Waals surface area contributed by atoms with Crippen molar-refractivity contribution in [2.75, 3.05) is 39.3 Å². The van der Waals surface area contributed by atoms with E-state index in [9.17, 15) is 4.79 Å². The van der Waals surface area contributed by atoms with Crippen molar-refractivity contribution in [3.8, 4) is 0 Å². The highest BCUT2D eigenvalue weighted by atomic mass is 35.5. The SMILES string of the molecule is CCN1CCN(C(C)CNC(=O)C(N)Cc2ccccc2)CC1.Cl.Cl.Cl. The summed E-state index contributed by atoms with van der Waals surface area (Å²) in [6, 6.07) is 9.78. The number of benzene rings is 1. The van der Waals surface area contributed by atoms with Crippen molar-refractivity contribution in [2.45, 2.75) is 32.4 Å². The first-order chi connectivity index (χ1) is 11.1. The van der Waals surface area contributed by atoms with E-state index in [4.69, 9.17) is 5.73 Å². The van der Waals surface area contributed by atoms with Crippen LogP contribution in [0.5, 0.6) is 0 Å². The van der Waals surface area contributed by atoms with Gasteiger partial charge in [-0.25, -0.2) is 0 Å². The van der Waals surface area contributed by atoms with Gasteiger partial charge in [0, 0.05) is 38.8 Å². The van der Waals surface area contributed by atoms with Crippen LogP contribution in [0, 0.1) is 0 Å². The Balaban J connectivity index is 0. The van der Waals surface area contributed by atoms with E-state index in [1.54, 1.807) is 0 Å². The summed E-state index contributed by atoms with van der Waals surface area (Å²) in [4.78, 5) is 17.1. The lowest BCUT2D eigenvalue weighted by Gasteiger charge is -2.37. The summed E-state index contributed by atoms with van der Waals surface area (Å²) >= 11 is 0. The molecule has 1 aliphatic heterocycles. The fourth-order valence-electron chi connectivity index (χ4n) is 2.99. The van der Waals surface area contributed by atoms with Crippen molar-refractivity contribution in [3.05, 3.63) is 35.9 Å². The van der Waals surface area contributed by atoms with Crippen LogP contribution in [-0.2, 0) is 11.2 Å². The van der Waals surface area contributed by atoms with Gasteiger partial charge < -0.3 is 16.0 Å². The van der Waals surface area contributed by atoms with E-state index in [-0.39, 0.29) is 43.1 Å². The summed E-state index contributed by atoms with van der Waals surface area (Å²) in [5.41, 5.74) is 7.11. The molecule has 0 spiro atoms. The van der Waals surface area contributed by atoms with Crippen LogP contribution in [0.3, 0.4) is 0 Å². The zero-order valence-electron chi connectivity index (χ0n) is 15.6. The first-order valence-corrected chi connectivity index (χ1v) is 8.63. The van der Waals surface area contributed by atoms with Crippen molar-refractivity contribution in [1.82, 2.24) is 15.1 Å². The highest BCUT2D eigenvalue weighted by Gasteiger charge is 2.21. The molecule has 0 aliphatic carbocycles. The van der Waals surface area contributed by atoms with Crippen LogP contribution in [0.25, 0.3) is 0 Å². The fraction of sp³-hybridized carbons (Fsp3) is 0.611. The summed E-state index contributed by atoms with van der Waals surface area (Å²) in [6.45, 7) is 10.5. The first kappa shape index (κ1) is 27.7. The minimum absolute atomic E-state index is 0. The van der Waals surface area contributed by atoms with Gasteiger partial charge in [0.2, 0.25) is 5.91 Å². The Morgan fingerprint density at radius 2 is 1.69 bits per heavy atom. The zero-order valence-corrected chi connectivity index (χ0v) is 18.0. The van der Waals surface area contributed by atoms with Crippen LogP contribution in [0.2, 0.25) is 0 Å². The van der Waals surface area contributed by atoms with Crippen LogP contribution >= 0.6 is 37.2 Å². The summed E-state index contributed by atoms with van der Waals surface area (Å²) < 4.78 is 0. The molecule has 5 nitrogen and oxygen atoms in total. The highest BCUT2D eigenvalue weighted by Crippen LogP contribution is 2.06. The van der Waals surface area contributed by atoms with Crippen molar-refractivity contribution in [2.24, 2.45) is 5.73 Å². The molecular weight excluding hydrogens is 395 g/mol. The minimum Gasteiger partial charge on any atom is -0.353 e. The number of nitrogens with zero attached hydrogens (tertiary/aromatic N) is 2. The molecule has 2 unspecified atom stereocenters. The van der Waals surface area contributed by atoms with Gasteiger partial charge in [-0.3, -0.25) is 9.69 Å². The number of carbonyl (C=O) groups excluding carboxylic acids is 1. The largest absolute Gasteiger partial charge is 0.353 e. The molecule has 1 aromatic carbocycles. The monoisotopic (exact) mass is 426 g/mol. The van der Waals surface area contributed by atoms with Gasteiger partial charge in [0.1, 0.15) is 0 Å². The third kappa shape index (κ3) is 8.89. The Labute approximate surface area is 176 Å². The molecule has 152 valence electrons. The number of nitrogens with one attached hydrogen (secondary N) is 1. The summed E-state index contributed by atoms with van der Waals surface area (Å²) in [5, 5.41) is 3.01. The number of likely N-dealkylation sites (N-methyl/N-ethyl adjacent to an activating group) is 1. The molecule has 1 amide bonds. The number of hydrogen-bond acceptors (Lipinski definition) is 4. The second-order valence-electron chi connectivity index (χ2n) is 6.36. The molecule has 1 heterocycles. The smallest absolute Gasteiger partial charge is 0.237 e. The maximum Gasteiger partial charge on any atom is 0.237 e. The van der Waals surface area contributed by atoms with Crippen LogP contribution in [-0.4, -0.2) is 67.1 Å². The third-order valence-corrected chi connectivity index (χ3v) is 4.68. The summed E-state index contributed by atoms with van der Waals surface area (Å²) in [6.07, 6.45) is 0.580. The Morgan fingerprint density at radius 3 is 2.23 bits per heavy atom. The number of rotatable bonds is 7. The zero-order chi connectivity index (χ0) is 16.7. The fourth-order valence-corrected chi connectivity index (χ4v) is 2.99. The minimum atomic E-state index is -0.485. The second-order valence-corrected chi connectivity index (χ2v) is 6.36. The standard InChI is InChI=1S/C18H30N4O.3ClH/c1-3-21-9-11-22(12-10-21)15(2)14-20-18(23)17(19)13-16-7-5-4-6-8-16;;;/h4-8,15,17H,3,9-14,19H2,1-2H3,(H,20,23);3*1H. The van der Waals surface area contributed by atoms with E-state index < -0.39 is 6.04 Å². The van der Waals surface area contributed by atoms with Gasteiger partial charge in [-0.2, -0.15) is 0 Å². The highest BCUT2D eigenvalue weighted by molar-refractivity contribution is 5.86. The molecule has 0 aromatic heterocycles. The molecule has 1 fully saturated rings. The van der Waals surface area contributed by atoms with Crippen LogP contribution in [0.1, 0.15) is 19.4 Å². The van der Waals surface area contributed by atoms with Gasteiger partial charge in [-0.1, -0.05) is 37.3 Å². The van der Waals surface area contributed by atoms with E-state index in [0.29, 0.717) is 19.0 Å². The van der Waals surface area contributed by atoms with Gasteiger partial charge in [-0.05, 0) is 25.5 Å². The van der Waals surface area contributed by atoms with E-state index >= 15 is 0 Å². The lowest BCUT2D eigenvalue weighted by molar-refractivity contribution is -0.122. The molecule has 2 rings (SSSR count). The second kappa shape index (κ2) is 14.5. The molecular formula is C18H33Cl3N4O. The molecule has 0 saturated carbocycles. The maximum atomic E-state index is 12.2. The average molecular weight is 428 g/mol. The lowest BCUT2D eigenvalue weighted by Crippen LogP contribution is -2.53. The van der Waals surface area contributed by atoms with Crippen molar-refractivity contribution >= 4 is 43.1 Å². The molecule has 26 heavy (non-hydrogen) atoms. The van der Waals surface area contributed by atoms with Gasteiger partial charge in [0.15, 0.2) is 0 Å². The molecule has 1 saturated heterocycles. The number of halogens is 3. The lowest BCUT2D eigenvalue weighted by atomic mass is 10.1. The topological polar surface area (TPSA) is 61.6 Å². The number of nitrogens with two attached hydrogens (primary N) is 1. The van der Waals surface area contributed by atoms with Crippen LogP contribution in [0.15, 0.2) is 30.3 Å². The molecule has 0 radical (unpaired) electrons. The maximum absolute atomic E-state index is 12.2. The average Bonchev–Trinajstić information content (AvgIpc) is 2.60. The summed E-state index contributed by atoms with van der Waals surface area (Å²) in [5.74, 6) is -0.0621. The van der Waals surface area contributed by atoms with Crippen LogP contribution in [0.4, 0.5) is 0 Å². The molecule has 2 atom stereocenters. The van der Waals surface area contributed by atoms with E-state index in [0.717, 1.165) is 38.3 Å². The van der Waals surface area contributed by atoms with Crippen LogP contribution < -0.4 is 11.1 Å². The molecule has 8 heteroatoms. The number of piperazine rings is 1. The predicted molar refractivity (Wildman–Crippen MR) is 116 cm³/mol. The van der Waals surface area contributed by atoms with Gasteiger partial charge in [-0.15, -0.1) is 37.2 Å². The first-order valence-electron chi connectivity index (χ1n) is 8.63. The molecule has 0 bridgehead atoms. The summed E-state index contributed by atoms with van der Waals surface area (Å²) in [7, 11) is 0. The Hall–Kier alpha value is -0.560. The van der Waals surface area contributed by atoms with E-state index in [1.807, 2.05) is 30.3 Å². The van der Waals surface area contributed by atoms with Gasteiger partial charge in [0.25, 0.3) is 0 Å². The number of amides is 1. The van der Waals surface area contributed by atoms with E-state index in [1.165, 1.54) is 0 Å². The molecule has 1 aliphatic rings. The van der Waals surface area contributed by atoms with E-state index in [2.05, 4.69) is 29.0 Å². The van der Waals surface area contributed by atoms with Gasteiger partial charge in [0.05, 0.1) is 6.04 Å². The normalized spacial score (nSPS) is 17.0. The van der Waals surface area contributed by atoms with Gasteiger partial charge >= 0.3 is 0 Å². The Kier molecular flexibility index (Phi) is 15.4. The quantitative estimate of drug-likeness (QED) is 0.698. The number of carbonyl (C=O) groups is 1. The predicted octanol–water partition coefficient (Wildman–Crippen LogP) is 1.96. The Bertz CT molecular complexity index is 485. The van der Waals surface area contributed by atoms with Crippen molar-refractivity contribution < 1.29 is 4.79 Å². The molecule has 3 N–H and O–H groups in total. The van der Waals surface area contributed by atoms with Crippen molar-refractivity contribution in [3.63, 3.8) is 0 Å². The molecule has 1 aromatic rings. The number of hydrogen-bond donors (Lipinski definition) is 2. The Morgan fingerprint density at radius 1 is 1.12 bits per heavy atom. The third-order valence-electron chi connectivity index (χ3n) is 4.68. The van der Waals surface area contributed by atoms with Crippen molar-refractivity contribution in [1.29, 1.82) is 0 Å².